The highest BCUT2D eigenvalue weighted by Gasteiger charge is 2.16. The number of nitrogens with zero attached hydrogens (tertiary/aromatic N) is 2. The summed E-state index contributed by atoms with van der Waals surface area (Å²) in [5, 5.41) is 4.28. The third kappa shape index (κ3) is 2.50. The summed E-state index contributed by atoms with van der Waals surface area (Å²) in [4.78, 5) is 9.00. The molecule has 0 unspecified atom stereocenters. The molecule has 0 amide bonds. The van der Waals surface area contributed by atoms with Gasteiger partial charge in [0.25, 0.3) is 0 Å². The second-order valence-corrected chi connectivity index (χ2v) is 7.88. The summed E-state index contributed by atoms with van der Waals surface area (Å²) in [5.41, 5.74) is 7.15. The van der Waals surface area contributed by atoms with E-state index in [1.807, 2.05) is 54.7 Å². The van der Waals surface area contributed by atoms with Gasteiger partial charge in [0.2, 0.25) is 0 Å². The molecule has 0 N–H and O–H groups in total. The molecule has 4 nitrogen and oxygen atoms in total. The minimum Gasteiger partial charge on any atom is -0.452 e. The number of hydrogen-bond acceptors (Lipinski definition) is 4. The standard InChI is InChI=1S/C28H16N2O2/c1-2-7-25-19(5-1)20-10-11-21-22-15-17(9-13-26(22)32-28(21)27(20)31-25)18-8-12-24(30-16-18)23-6-3-4-14-29-23/h1-16H. The van der Waals surface area contributed by atoms with Gasteiger partial charge in [-0.25, -0.2) is 0 Å². The molecular weight excluding hydrogens is 396 g/mol. The first kappa shape index (κ1) is 17.3. The van der Waals surface area contributed by atoms with E-state index in [9.17, 15) is 0 Å². The molecule has 0 fully saturated rings. The fourth-order valence-electron chi connectivity index (χ4n) is 4.43. The van der Waals surface area contributed by atoms with Gasteiger partial charge in [-0.2, -0.15) is 0 Å². The summed E-state index contributed by atoms with van der Waals surface area (Å²) in [6.07, 6.45) is 3.67. The highest BCUT2D eigenvalue weighted by molar-refractivity contribution is 6.19. The second kappa shape index (κ2) is 6.53. The lowest BCUT2D eigenvalue weighted by molar-refractivity contribution is 0.633. The molecule has 0 aliphatic carbocycles. The van der Waals surface area contributed by atoms with Gasteiger partial charge in [-0.1, -0.05) is 36.4 Å². The molecular formula is C28H16N2O2. The Hall–Kier alpha value is -4.44. The van der Waals surface area contributed by atoms with Gasteiger partial charge in [0.15, 0.2) is 11.2 Å². The van der Waals surface area contributed by atoms with Crippen LogP contribution in [-0.4, -0.2) is 9.97 Å². The van der Waals surface area contributed by atoms with Crippen molar-refractivity contribution in [1.29, 1.82) is 0 Å². The number of rotatable bonds is 2. The molecule has 0 aliphatic rings. The molecule has 0 bridgehead atoms. The molecule has 32 heavy (non-hydrogen) atoms. The van der Waals surface area contributed by atoms with Crippen molar-refractivity contribution in [2.24, 2.45) is 0 Å². The second-order valence-electron chi connectivity index (χ2n) is 7.88. The summed E-state index contributed by atoms with van der Waals surface area (Å²) in [6, 6.07) is 28.5. The lowest BCUT2D eigenvalue weighted by atomic mass is 10.0. The van der Waals surface area contributed by atoms with Crippen molar-refractivity contribution in [3.63, 3.8) is 0 Å². The van der Waals surface area contributed by atoms with E-state index in [2.05, 4.69) is 46.4 Å². The van der Waals surface area contributed by atoms with Gasteiger partial charge < -0.3 is 8.83 Å². The highest BCUT2D eigenvalue weighted by atomic mass is 16.4. The molecule has 4 heterocycles. The van der Waals surface area contributed by atoms with Gasteiger partial charge in [-0.3, -0.25) is 9.97 Å². The van der Waals surface area contributed by atoms with Crippen LogP contribution < -0.4 is 0 Å². The van der Waals surface area contributed by atoms with Crippen molar-refractivity contribution in [3.05, 3.63) is 97.3 Å². The summed E-state index contributed by atoms with van der Waals surface area (Å²) in [7, 11) is 0. The normalized spacial score (nSPS) is 11.8. The maximum absolute atomic E-state index is 6.25. The van der Waals surface area contributed by atoms with Gasteiger partial charge >= 0.3 is 0 Å². The molecule has 0 atom stereocenters. The maximum Gasteiger partial charge on any atom is 0.178 e. The molecule has 4 aromatic heterocycles. The van der Waals surface area contributed by atoms with Crippen LogP contribution in [0.1, 0.15) is 0 Å². The van der Waals surface area contributed by atoms with Crippen LogP contribution in [0.5, 0.6) is 0 Å². The Balaban J connectivity index is 1.38. The fraction of sp³-hybridized carbons (Fsp3) is 0. The predicted octanol–water partition coefficient (Wildman–Crippen LogP) is 7.61. The van der Waals surface area contributed by atoms with Crippen LogP contribution in [0, 0.1) is 0 Å². The average molecular weight is 412 g/mol. The third-order valence-corrected chi connectivity index (χ3v) is 6.01. The molecule has 7 aromatic rings. The van der Waals surface area contributed by atoms with E-state index < -0.39 is 0 Å². The van der Waals surface area contributed by atoms with Crippen molar-refractivity contribution < 1.29 is 8.83 Å². The average Bonchev–Trinajstić information content (AvgIpc) is 3.43. The predicted molar refractivity (Wildman–Crippen MR) is 127 cm³/mol. The lowest BCUT2D eigenvalue weighted by Crippen LogP contribution is -1.87. The zero-order valence-corrected chi connectivity index (χ0v) is 16.9. The molecule has 0 spiro atoms. The summed E-state index contributed by atoms with van der Waals surface area (Å²) < 4.78 is 12.4. The zero-order chi connectivity index (χ0) is 21.1. The van der Waals surface area contributed by atoms with Crippen LogP contribution in [0.4, 0.5) is 0 Å². The molecule has 0 radical (unpaired) electrons. The quantitative estimate of drug-likeness (QED) is 0.293. The number of benzene rings is 3. The molecule has 0 aliphatic heterocycles. The van der Waals surface area contributed by atoms with Crippen molar-refractivity contribution in [2.75, 3.05) is 0 Å². The van der Waals surface area contributed by atoms with E-state index in [0.29, 0.717) is 0 Å². The summed E-state index contributed by atoms with van der Waals surface area (Å²) in [5.74, 6) is 0. The van der Waals surface area contributed by atoms with E-state index in [1.165, 1.54) is 0 Å². The van der Waals surface area contributed by atoms with Gasteiger partial charge in [-0.15, -0.1) is 0 Å². The first-order chi connectivity index (χ1) is 15.8. The minimum atomic E-state index is 0.787. The molecule has 7 rings (SSSR count). The van der Waals surface area contributed by atoms with Gasteiger partial charge in [0, 0.05) is 39.5 Å². The maximum atomic E-state index is 6.25. The first-order valence-electron chi connectivity index (χ1n) is 10.5. The zero-order valence-electron chi connectivity index (χ0n) is 16.9. The summed E-state index contributed by atoms with van der Waals surface area (Å²) >= 11 is 0. The van der Waals surface area contributed by atoms with E-state index in [4.69, 9.17) is 8.83 Å². The topological polar surface area (TPSA) is 52.1 Å². The Bertz CT molecular complexity index is 1760. The van der Waals surface area contributed by atoms with Crippen LogP contribution in [0.3, 0.4) is 0 Å². The van der Waals surface area contributed by atoms with Crippen molar-refractivity contribution >= 4 is 43.9 Å². The summed E-state index contributed by atoms with van der Waals surface area (Å²) in [6.45, 7) is 0. The van der Waals surface area contributed by atoms with E-state index in [-0.39, 0.29) is 0 Å². The smallest absolute Gasteiger partial charge is 0.178 e. The number of furan rings is 2. The van der Waals surface area contributed by atoms with Crippen molar-refractivity contribution in [3.8, 4) is 22.5 Å². The first-order valence-corrected chi connectivity index (χ1v) is 10.5. The van der Waals surface area contributed by atoms with Crippen LogP contribution in [0.2, 0.25) is 0 Å². The van der Waals surface area contributed by atoms with Gasteiger partial charge in [-0.05, 0) is 54.1 Å². The molecule has 150 valence electrons. The van der Waals surface area contributed by atoms with E-state index in [1.54, 1.807) is 6.20 Å². The largest absolute Gasteiger partial charge is 0.452 e. The third-order valence-electron chi connectivity index (χ3n) is 6.01. The Labute approximate surface area is 182 Å². The van der Waals surface area contributed by atoms with Crippen LogP contribution in [-0.2, 0) is 0 Å². The van der Waals surface area contributed by atoms with E-state index >= 15 is 0 Å². The lowest BCUT2D eigenvalue weighted by Gasteiger charge is -2.04. The Morgan fingerprint density at radius 2 is 1.22 bits per heavy atom. The van der Waals surface area contributed by atoms with Crippen molar-refractivity contribution in [1.82, 2.24) is 9.97 Å². The number of fused-ring (bicyclic) bond motifs is 7. The van der Waals surface area contributed by atoms with Gasteiger partial charge in [0.05, 0.1) is 11.4 Å². The Morgan fingerprint density at radius 3 is 2.00 bits per heavy atom. The highest BCUT2D eigenvalue weighted by Crippen LogP contribution is 2.39. The monoisotopic (exact) mass is 412 g/mol. The number of para-hydroxylation sites is 1. The molecule has 0 saturated carbocycles. The SMILES string of the molecule is c1ccc(-c2ccc(-c3ccc4oc5c(ccc6c7ccccc7oc65)c4c3)cn2)nc1. The van der Waals surface area contributed by atoms with Crippen LogP contribution in [0.25, 0.3) is 66.4 Å². The Kier molecular flexibility index (Phi) is 3.52. The number of pyridine rings is 2. The molecule has 0 saturated heterocycles. The molecule has 3 aromatic carbocycles. The fourth-order valence-corrected chi connectivity index (χ4v) is 4.43. The van der Waals surface area contributed by atoms with Crippen molar-refractivity contribution in [2.45, 2.75) is 0 Å². The minimum absolute atomic E-state index is 0.787. The van der Waals surface area contributed by atoms with E-state index in [0.717, 1.165) is 66.4 Å². The molecule has 4 heteroatoms. The van der Waals surface area contributed by atoms with Gasteiger partial charge in [0.1, 0.15) is 11.2 Å². The number of aromatic nitrogens is 2. The Morgan fingerprint density at radius 1 is 0.500 bits per heavy atom. The number of hydrogen-bond donors (Lipinski definition) is 0. The van der Waals surface area contributed by atoms with Crippen LogP contribution >= 0.6 is 0 Å². The van der Waals surface area contributed by atoms with Crippen LogP contribution in [0.15, 0.2) is 106 Å².